The minimum Gasteiger partial charge on any atom is -0.365 e. The molecular weight excluding hydrogens is 543 g/mol. The molecule has 0 aliphatic heterocycles. The van der Waals surface area contributed by atoms with Crippen LogP contribution in [0.2, 0.25) is 0 Å². The molecule has 38 heavy (non-hydrogen) atoms. The maximum absolute atomic E-state index is 13.0. The number of nitrogens with zero attached hydrogens (tertiary/aromatic N) is 3. The molecule has 0 fully saturated rings. The topological polar surface area (TPSA) is 137 Å². The van der Waals surface area contributed by atoms with E-state index in [0.29, 0.717) is 21.4 Å². The van der Waals surface area contributed by atoms with E-state index in [0.717, 1.165) is 47.9 Å². The van der Waals surface area contributed by atoms with Crippen LogP contribution < -0.4 is 11.1 Å². The van der Waals surface area contributed by atoms with Crippen molar-refractivity contribution < 1.29 is 18.0 Å². The number of nitrogens with two attached hydrogens (primary N) is 1. The van der Waals surface area contributed by atoms with E-state index >= 15 is 0 Å². The zero-order valence-corrected chi connectivity index (χ0v) is 22.7. The molecule has 3 N–H and O–H groups in total. The van der Waals surface area contributed by atoms with Gasteiger partial charge in [0.1, 0.15) is 10.8 Å². The first-order valence-electron chi connectivity index (χ1n) is 12.0. The van der Waals surface area contributed by atoms with Gasteiger partial charge in [-0.1, -0.05) is 48.2 Å². The number of benzene rings is 2. The number of thiophene rings is 1. The van der Waals surface area contributed by atoms with Gasteiger partial charge in [-0.2, -0.15) is 0 Å². The van der Waals surface area contributed by atoms with Crippen molar-refractivity contribution in [2.24, 2.45) is 5.73 Å². The molecule has 0 spiro atoms. The lowest BCUT2D eigenvalue weighted by molar-refractivity contribution is -0.113. The molecule has 0 bridgehead atoms. The van der Waals surface area contributed by atoms with Crippen LogP contribution >= 0.6 is 23.1 Å². The highest BCUT2D eigenvalue weighted by atomic mass is 32.2. The fourth-order valence-corrected chi connectivity index (χ4v) is 7.76. The summed E-state index contributed by atoms with van der Waals surface area (Å²) in [6.07, 6.45) is 3.69. The van der Waals surface area contributed by atoms with Crippen molar-refractivity contribution in [1.82, 2.24) is 14.8 Å². The molecule has 1 aliphatic rings. The molecule has 1 aliphatic carbocycles. The normalized spacial score (nSPS) is 13.2. The van der Waals surface area contributed by atoms with E-state index in [2.05, 4.69) is 15.5 Å². The summed E-state index contributed by atoms with van der Waals surface area (Å²) in [6.45, 7) is 0. The van der Waals surface area contributed by atoms with Crippen molar-refractivity contribution in [2.45, 2.75) is 41.5 Å². The van der Waals surface area contributed by atoms with Crippen LogP contribution in [0.3, 0.4) is 0 Å². The third-order valence-corrected chi connectivity index (χ3v) is 9.90. The number of aromatic nitrogens is 3. The number of carbonyl (C=O) groups is 2. The number of carbonyl (C=O) groups excluding carboxylic acids is 2. The van der Waals surface area contributed by atoms with Gasteiger partial charge in [0.2, 0.25) is 5.91 Å². The van der Waals surface area contributed by atoms with Gasteiger partial charge in [-0.05, 0) is 55.5 Å². The van der Waals surface area contributed by atoms with Gasteiger partial charge in [0.15, 0.2) is 20.8 Å². The van der Waals surface area contributed by atoms with Gasteiger partial charge in [0.05, 0.1) is 16.2 Å². The first-order valence-corrected chi connectivity index (χ1v) is 15.4. The molecule has 0 saturated heterocycles. The highest BCUT2D eigenvalue weighted by Gasteiger charge is 2.26. The average Bonchev–Trinajstić information content (AvgIpc) is 3.48. The van der Waals surface area contributed by atoms with Gasteiger partial charge >= 0.3 is 0 Å². The van der Waals surface area contributed by atoms with Crippen LogP contribution in [0.25, 0.3) is 5.69 Å². The Balaban J connectivity index is 1.37. The Kier molecular flexibility index (Phi) is 7.63. The van der Waals surface area contributed by atoms with E-state index in [1.54, 1.807) is 34.9 Å². The summed E-state index contributed by atoms with van der Waals surface area (Å²) in [5, 5.41) is 12.1. The van der Waals surface area contributed by atoms with Crippen LogP contribution in [-0.4, -0.2) is 40.7 Å². The van der Waals surface area contributed by atoms with Crippen LogP contribution in [0.1, 0.15) is 39.5 Å². The van der Waals surface area contributed by atoms with Gasteiger partial charge in [-0.3, -0.25) is 14.2 Å². The number of hydrogen-bond acceptors (Lipinski definition) is 8. The molecule has 2 aromatic heterocycles. The van der Waals surface area contributed by atoms with Crippen LogP contribution in [0.15, 0.2) is 70.7 Å². The lowest BCUT2D eigenvalue weighted by Crippen LogP contribution is -2.19. The highest BCUT2D eigenvalue weighted by molar-refractivity contribution is 7.99. The minimum atomic E-state index is -3.67. The average molecular weight is 568 g/mol. The summed E-state index contributed by atoms with van der Waals surface area (Å²) >= 11 is 2.54. The van der Waals surface area contributed by atoms with E-state index in [4.69, 9.17) is 5.73 Å². The minimum absolute atomic E-state index is 0.0167. The van der Waals surface area contributed by atoms with Crippen molar-refractivity contribution in [1.29, 1.82) is 0 Å². The quantitative estimate of drug-likeness (QED) is 0.292. The maximum atomic E-state index is 13.0. The number of thioether (sulfide) groups is 1. The Morgan fingerprint density at radius 2 is 1.68 bits per heavy atom. The summed E-state index contributed by atoms with van der Waals surface area (Å²) in [5.41, 5.74) is 7.68. The second kappa shape index (κ2) is 11.1. The van der Waals surface area contributed by atoms with E-state index < -0.39 is 15.7 Å². The predicted molar refractivity (Wildman–Crippen MR) is 148 cm³/mol. The van der Waals surface area contributed by atoms with Gasteiger partial charge in [-0.25, -0.2) is 8.42 Å². The predicted octanol–water partition coefficient (Wildman–Crippen LogP) is 4.01. The lowest BCUT2D eigenvalue weighted by Gasteiger charge is -2.11. The summed E-state index contributed by atoms with van der Waals surface area (Å²) in [4.78, 5) is 26.3. The van der Waals surface area contributed by atoms with Crippen molar-refractivity contribution in [3.8, 4) is 5.69 Å². The molecule has 0 unspecified atom stereocenters. The highest BCUT2D eigenvalue weighted by Crippen LogP contribution is 2.38. The number of hydrogen-bond donors (Lipinski definition) is 2. The lowest BCUT2D eigenvalue weighted by atomic mass is 9.95. The largest absolute Gasteiger partial charge is 0.365 e. The summed E-state index contributed by atoms with van der Waals surface area (Å²) in [6, 6.07) is 17.3. The maximum Gasteiger partial charge on any atom is 0.251 e. The Morgan fingerprint density at radius 3 is 2.39 bits per heavy atom. The molecule has 12 heteroatoms. The zero-order chi connectivity index (χ0) is 26.7. The van der Waals surface area contributed by atoms with E-state index in [-0.39, 0.29) is 28.1 Å². The number of rotatable bonds is 9. The molecule has 2 heterocycles. The molecule has 0 atom stereocenters. The summed E-state index contributed by atoms with van der Waals surface area (Å²) < 4.78 is 27.7. The van der Waals surface area contributed by atoms with Gasteiger partial charge in [0, 0.05) is 10.6 Å². The summed E-state index contributed by atoms with van der Waals surface area (Å²) in [5.74, 6) is -0.992. The molecule has 4 aromatic rings. The number of aryl methyl sites for hydroxylation is 1. The molecular formula is C26H25N5O4S3. The van der Waals surface area contributed by atoms with Crippen molar-refractivity contribution in [2.75, 3.05) is 11.1 Å². The molecule has 2 aromatic carbocycles. The standard InChI is InChI=1S/C26H25N5O4S3/c27-24(33)23-19-13-7-8-14-20(19)37-25(23)28-22(32)15-36-26-30-29-21(31(26)17-9-3-1-4-10-17)16-38(34,35)18-11-5-2-6-12-18/h1-6,9-12H,7-8,13-16H2,(H2,27,33)(H,28,32). The monoisotopic (exact) mass is 567 g/mol. The first kappa shape index (κ1) is 26.1. The molecule has 0 saturated carbocycles. The van der Waals surface area contributed by atoms with Crippen LogP contribution in [0.4, 0.5) is 5.00 Å². The molecule has 196 valence electrons. The smallest absolute Gasteiger partial charge is 0.251 e. The van der Waals surface area contributed by atoms with Crippen LogP contribution in [0, 0.1) is 0 Å². The SMILES string of the molecule is NC(=O)c1c(NC(=O)CSc2nnc(CS(=O)(=O)c3ccccc3)n2-c2ccccc2)sc2c1CCCC2. The number of sulfone groups is 1. The van der Waals surface area contributed by atoms with E-state index in [1.807, 2.05) is 30.3 Å². The number of primary amides is 1. The first-order chi connectivity index (χ1) is 18.3. The van der Waals surface area contributed by atoms with E-state index in [1.165, 1.54) is 11.3 Å². The van der Waals surface area contributed by atoms with E-state index in [9.17, 15) is 18.0 Å². The number of para-hydroxylation sites is 1. The van der Waals surface area contributed by atoms with Crippen molar-refractivity contribution in [3.05, 3.63) is 82.5 Å². The number of fused-ring (bicyclic) bond motifs is 1. The van der Waals surface area contributed by atoms with Crippen molar-refractivity contribution in [3.63, 3.8) is 0 Å². The Labute approximate surface area is 228 Å². The fraction of sp³-hybridized carbons (Fsp3) is 0.231. The zero-order valence-electron chi connectivity index (χ0n) is 20.3. The molecule has 2 amide bonds. The Morgan fingerprint density at radius 1 is 1.00 bits per heavy atom. The molecule has 5 rings (SSSR count). The van der Waals surface area contributed by atoms with Crippen LogP contribution in [-0.2, 0) is 33.2 Å². The summed E-state index contributed by atoms with van der Waals surface area (Å²) in [7, 11) is -3.67. The number of anilines is 1. The molecule has 0 radical (unpaired) electrons. The Bertz CT molecular complexity index is 1580. The number of nitrogens with one attached hydrogen (secondary N) is 1. The molecule has 9 nitrogen and oxygen atoms in total. The fourth-order valence-electron chi connectivity index (χ4n) is 4.41. The van der Waals surface area contributed by atoms with Gasteiger partial charge in [-0.15, -0.1) is 21.5 Å². The van der Waals surface area contributed by atoms with Crippen LogP contribution in [0.5, 0.6) is 0 Å². The third kappa shape index (κ3) is 5.52. The number of amides is 2. The van der Waals surface area contributed by atoms with Gasteiger partial charge < -0.3 is 11.1 Å². The van der Waals surface area contributed by atoms with Crippen molar-refractivity contribution >= 4 is 49.8 Å². The second-order valence-corrected chi connectivity index (χ2v) is 12.8. The second-order valence-electron chi connectivity index (χ2n) is 8.76. The third-order valence-electron chi connectivity index (χ3n) is 6.14. The van der Waals surface area contributed by atoms with Gasteiger partial charge in [0.25, 0.3) is 5.91 Å². The Hall–Kier alpha value is -3.48.